The van der Waals surface area contributed by atoms with E-state index in [2.05, 4.69) is 32.2 Å². The fourth-order valence-corrected chi connectivity index (χ4v) is 1.99. The Labute approximate surface area is 83.6 Å². The first-order valence-electron chi connectivity index (χ1n) is 4.13. The third kappa shape index (κ3) is 2.80. The molecule has 1 aromatic rings. The van der Waals surface area contributed by atoms with Crippen LogP contribution in [0.3, 0.4) is 0 Å². The summed E-state index contributed by atoms with van der Waals surface area (Å²) in [6.07, 6.45) is 1.08. The summed E-state index contributed by atoms with van der Waals surface area (Å²) in [5.74, 6) is 0.724. The standard InChI is InChI=1S/C10H15ClS/c1-8-4-9(6-12-8)5-10(2,3)7-11/h4,6H,5,7H2,1-3H3. The predicted molar refractivity (Wildman–Crippen MR) is 57.3 cm³/mol. The second-order valence-corrected chi connectivity index (χ2v) is 5.42. The van der Waals surface area contributed by atoms with Gasteiger partial charge in [0.05, 0.1) is 0 Å². The normalized spacial score (nSPS) is 12.0. The molecule has 0 fully saturated rings. The van der Waals surface area contributed by atoms with Crippen LogP contribution in [0.1, 0.15) is 24.3 Å². The summed E-state index contributed by atoms with van der Waals surface area (Å²) in [4.78, 5) is 1.38. The lowest BCUT2D eigenvalue weighted by atomic mass is 9.89. The van der Waals surface area contributed by atoms with Crippen molar-refractivity contribution in [3.05, 3.63) is 21.9 Å². The van der Waals surface area contributed by atoms with Gasteiger partial charge in [0.25, 0.3) is 0 Å². The maximum atomic E-state index is 5.85. The Balaban J connectivity index is 2.63. The third-order valence-electron chi connectivity index (χ3n) is 1.83. The van der Waals surface area contributed by atoms with E-state index in [0.717, 1.165) is 12.3 Å². The molecular weight excluding hydrogens is 188 g/mol. The molecule has 0 saturated carbocycles. The minimum absolute atomic E-state index is 0.231. The van der Waals surface area contributed by atoms with Crippen molar-refractivity contribution in [2.45, 2.75) is 27.2 Å². The Morgan fingerprint density at radius 3 is 2.58 bits per heavy atom. The molecule has 1 aromatic heterocycles. The van der Waals surface area contributed by atoms with Crippen molar-refractivity contribution in [2.75, 3.05) is 5.88 Å². The van der Waals surface area contributed by atoms with Gasteiger partial charge in [0.1, 0.15) is 0 Å². The van der Waals surface area contributed by atoms with Gasteiger partial charge in [0, 0.05) is 10.8 Å². The van der Waals surface area contributed by atoms with Crippen molar-refractivity contribution < 1.29 is 0 Å². The van der Waals surface area contributed by atoms with Crippen LogP contribution in [0.4, 0.5) is 0 Å². The van der Waals surface area contributed by atoms with Crippen molar-refractivity contribution in [2.24, 2.45) is 5.41 Å². The summed E-state index contributed by atoms with van der Waals surface area (Å²) in [5, 5.41) is 2.23. The summed E-state index contributed by atoms with van der Waals surface area (Å²) >= 11 is 7.67. The summed E-state index contributed by atoms with van der Waals surface area (Å²) in [7, 11) is 0. The van der Waals surface area contributed by atoms with Crippen LogP contribution in [0.25, 0.3) is 0 Å². The fourth-order valence-electron chi connectivity index (χ4n) is 1.19. The van der Waals surface area contributed by atoms with Crippen LogP contribution in [0, 0.1) is 12.3 Å². The lowest BCUT2D eigenvalue weighted by Crippen LogP contribution is -2.16. The van der Waals surface area contributed by atoms with Crippen LogP contribution in [0.15, 0.2) is 11.4 Å². The van der Waals surface area contributed by atoms with Crippen LogP contribution in [0.5, 0.6) is 0 Å². The Bertz CT molecular complexity index is 250. The predicted octanol–water partition coefficient (Wildman–Crippen LogP) is 3.86. The van der Waals surface area contributed by atoms with Crippen molar-refractivity contribution in [3.63, 3.8) is 0 Å². The topological polar surface area (TPSA) is 0 Å². The molecule has 0 N–H and O–H groups in total. The molecule has 0 aliphatic rings. The number of hydrogen-bond donors (Lipinski definition) is 0. The van der Waals surface area contributed by atoms with Gasteiger partial charge in [-0.05, 0) is 35.8 Å². The SMILES string of the molecule is Cc1cc(CC(C)(C)CCl)cs1. The van der Waals surface area contributed by atoms with Crippen LogP contribution < -0.4 is 0 Å². The van der Waals surface area contributed by atoms with E-state index in [0.29, 0.717) is 0 Å². The Hall–Kier alpha value is -0.0100. The van der Waals surface area contributed by atoms with Gasteiger partial charge in [0.15, 0.2) is 0 Å². The molecule has 0 aromatic carbocycles. The third-order valence-corrected chi connectivity index (χ3v) is 3.46. The van der Waals surface area contributed by atoms with E-state index in [1.54, 1.807) is 0 Å². The minimum Gasteiger partial charge on any atom is -0.149 e. The molecule has 0 bridgehead atoms. The van der Waals surface area contributed by atoms with Crippen LogP contribution >= 0.6 is 22.9 Å². The van der Waals surface area contributed by atoms with Gasteiger partial charge in [-0.2, -0.15) is 0 Å². The molecule has 12 heavy (non-hydrogen) atoms. The monoisotopic (exact) mass is 202 g/mol. The zero-order chi connectivity index (χ0) is 9.19. The van der Waals surface area contributed by atoms with Gasteiger partial charge >= 0.3 is 0 Å². The molecule has 1 heterocycles. The van der Waals surface area contributed by atoms with Crippen molar-refractivity contribution in [1.29, 1.82) is 0 Å². The first-order valence-corrected chi connectivity index (χ1v) is 5.55. The molecule has 2 heteroatoms. The van der Waals surface area contributed by atoms with Gasteiger partial charge in [-0.15, -0.1) is 22.9 Å². The van der Waals surface area contributed by atoms with Gasteiger partial charge < -0.3 is 0 Å². The number of aryl methyl sites for hydroxylation is 1. The smallest absolute Gasteiger partial charge is 0.0277 e. The molecule has 0 radical (unpaired) electrons. The Morgan fingerprint density at radius 1 is 1.50 bits per heavy atom. The molecule has 0 atom stereocenters. The average Bonchev–Trinajstić information content (AvgIpc) is 2.35. The number of alkyl halides is 1. The average molecular weight is 203 g/mol. The maximum Gasteiger partial charge on any atom is 0.0277 e. The molecule has 0 saturated heterocycles. The number of halogens is 1. The number of rotatable bonds is 3. The lowest BCUT2D eigenvalue weighted by Gasteiger charge is -2.20. The van der Waals surface area contributed by atoms with E-state index in [1.807, 2.05) is 11.3 Å². The lowest BCUT2D eigenvalue weighted by molar-refractivity contribution is 0.419. The van der Waals surface area contributed by atoms with Gasteiger partial charge in [-0.1, -0.05) is 13.8 Å². The van der Waals surface area contributed by atoms with E-state index < -0.39 is 0 Å². The van der Waals surface area contributed by atoms with Crippen LogP contribution in [-0.4, -0.2) is 5.88 Å². The first kappa shape index (κ1) is 10.1. The quantitative estimate of drug-likeness (QED) is 0.653. The largest absolute Gasteiger partial charge is 0.149 e. The zero-order valence-electron chi connectivity index (χ0n) is 7.86. The Kier molecular flexibility index (Phi) is 3.19. The highest BCUT2D eigenvalue weighted by Gasteiger charge is 2.17. The second kappa shape index (κ2) is 3.80. The zero-order valence-corrected chi connectivity index (χ0v) is 9.43. The molecule has 0 amide bonds. The summed E-state index contributed by atoms with van der Waals surface area (Å²) < 4.78 is 0. The van der Waals surface area contributed by atoms with Gasteiger partial charge in [-0.3, -0.25) is 0 Å². The van der Waals surface area contributed by atoms with E-state index >= 15 is 0 Å². The Morgan fingerprint density at radius 2 is 2.17 bits per heavy atom. The van der Waals surface area contributed by atoms with Crippen LogP contribution in [0.2, 0.25) is 0 Å². The molecule has 68 valence electrons. The second-order valence-electron chi connectivity index (χ2n) is 4.04. The van der Waals surface area contributed by atoms with Crippen molar-refractivity contribution in [3.8, 4) is 0 Å². The van der Waals surface area contributed by atoms with Crippen molar-refractivity contribution in [1.82, 2.24) is 0 Å². The summed E-state index contributed by atoms with van der Waals surface area (Å²) in [6, 6.07) is 2.25. The summed E-state index contributed by atoms with van der Waals surface area (Å²) in [5.41, 5.74) is 1.65. The van der Waals surface area contributed by atoms with Gasteiger partial charge in [-0.25, -0.2) is 0 Å². The number of thiophene rings is 1. The molecule has 0 nitrogen and oxygen atoms in total. The molecule has 0 unspecified atom stereocenters. The van der Waals surface area contributed by atoms with E-state index in [9.17, 15) is 0 Å². The molecule has 0 aliphatic heterocycles. The maximum absolute atomic E-state index is 5.85. The number of hydrogen-bond acceptors (Lipinski definition) is 1. The van der Waals surface area contributed by atoms with Crippen molar-refractivity contribution >= 4 is 22.9 Å². The molecule has 0 aliphatic carbocycles. The van der Waals surface area contributed by atoms with Crippen LogP contribution in [-0.2, 0) is 6.42 Å². The first-order chi connectivity index (χ1) is 5.53. The highest BCUT2D eigenvalue weighted by molar-refractivity contribution is 7.10. The summed E-state index contributed by atoms with van der Waals surface area (Å²) in [6.45, 7) is 6.54. The highest BCUT2D eigenvalue weighted by atomic mass is 35.5. The minimum atomic E-state index is 0.231. The van der Waals surface area contributed by atoms with Gasteiger partial charge in [0.2, 0.25) is 0 Å². The molecule has 0 spiro atoms. The van der Waals surface area contributed by atoms with E-state index in [1.165, 1.54) is 10.4 Å². The highest BCUT2D eigenvalue weighted by Crippen LogP contribution is 2.25. The van der Waals surface area contributed by atoms with E-state index in [-0.39, 0.29) is 5.41 Å². The molecular formula is C10H15ClS. The molecule has 1 rings (SSSR count). The fraction of sp³-hybridized carbons (Fsp3) is 0.600. The van der Waals surface area contributed by atoms with E-state index in [4.69, 9.17) is 11.6 Å².